The Morgan fingerprint density at radius 3 is 3.07 bits per heavy atom. The summed E-state index contributed by atoms with van der Waals surface area (Å²) < 4.78 is 1.67. The minimum Gasteiger partial charge on any atom is -0.270 e. The zero-order valence-corrected chi connectivity index (χ0v) is 9.86. The molecule has 0 aliphatic carbocycles. The zero-order chi connectivity index (χ0) is 11.1. The number of aromatic amines is 1. The molecule has 0 amide bonds. The first-order valence-electron chi connectivity index (χ1n) is 4.97. The lowest BCUT2D eigenvalue weighted by atomic mass is 10.3. The highest BCUT2D eigenvalue weighted by atomic mass is 32.2. The SMILES string of the molecule is CC#CCSc1n[nH]c(=O)n1CCCC. The van der Waals surface area contributed by atoms with Crippen LogP contribution in [0.25, 0.3) is 0 Å². The maximum absolute atomic E-state index is 11.4. The number of unbranched alkanes of at least 4 members (excludes halogenated alkanes) is 1. The average molecular weight is 225 g/mol. The van der Waals surface area contributed by atoms with Crippen LogP contribution in [0.15, 0.2) is 9.95 Å². The third-order valence-electron chi connectivity index (χ3n) is 1.91. The van der Waals surface area contributed by atoms with E-state index >= 15 is 0 Å². The van der Waals surface area contributed by atoms with Gasteiger partial charge in [-0.1, -0.05) is 31.0 Å². The van der Waals surface area contributed by atoms with E-state index in [1.54, 1.807) is 11.5 Å². The van der Waals surface area contributed by atoms with Gasteiger partial charge in [0, 0.05) is 6.54 Å². The van der Waals surface area contributed by atoms with E-state index in [4.69, 9.17) is 0 Å². The van der Waals surface area contributed by atoms with E-state index in [2.05, 4.69) is 29.0 Å². The van der Waals surface area contributed by atoms with Crippen molar-refractivity contribution in [3.8, 4) is 11.8 Å². The first-order valence-corrected chi connectivity index (χ1v) is 5.95. The molecule has 0 saturated heterocycles. The predicted molar refractivity (Wildman–Crippen MR) is 61.9 cm³/mol. The molecule has 0 fully saturated rings. The van der Waals surface area contributed by atoms with Crippen LogP contribution >= 0.6 is 11.8 Å². The van der Waals surface area contributed by atoms with Gasteiger partial charge in [-0.3, -0.25) is 4.57 Å². The first-order chi connectivity index (χ1) is 7.29. The summed E-state index contributed by atoms with van der Waals surface area (Å²) in [6, 6.07) is 0. The van der Waals surface area contributed by atoms with Gasteiger partial charge in [0.05, 0.1) is 5.75 Å². The molecule has 1 rings (SSSR count). The van der Waals surface area contributed by atoms with Crippen LogP contribution in [-0.4, -0.2) is 20.5 Å². The van der Waals surface area contributed by atoms with Gasteiger partial charge < -0.3 is 0 Å². The maximum atomic E-state index is 11.4. The lowest BCUT2D eigenvalue weighted by molar-refractivity contribution is 0.573. The largest absolute Gasteiger partial charge is 0.343 e. The Morgan fingerprint density at radius 2 is 2.40 bits per heavy atom. The van der Waals surface area contributed by atoms with Gasteiger partial charge in [-0.05, 0) is 13.3 Å². The molecule has 0 unspecified atom stereocenters. The highest BCUT2D eigenvalue weighted by Crippen LogP contribution is 2.12. The molecule has 0 saturated carbocycles. The summed E-state index contributed by atoms with van der Waals surface area (Å²) in [5.74, 6) is 6.42. The predicted octanol–water partition coefficient (Wildman–Crippen LogP) is 1.49. The van der Waals surface area contributed by atoms with Crippen molar-refractivity contribution in [3.05, 3.63) is 10.5 Å². The number of hydrogen-bond donors (Lipinski definition) is 1. The molecule has 1 heterocycles. The van der Waals surface area contributed by atoms with Gasteiger partial charge in [-0.2, -0.15) is 0 Å². The molecule has 0 aliphatic rings. The topological polar surface area (TPSA) is 50.7 Å². The lowest BCUT2D eigenvalue weighted by Crippen LogP contribution is -2.17. The van der Waals surface area contributed by atoms with Gasteiger partial charge in [0.15, 0.2) is 5.16 Å². The van der Waals surface area contributed by atoms with Crippen molar-refractivity contribution in [2.24, 2.45) is 0 Å². The van der Waals surface area contributed by atoms with Crippen LogP contribution in [0.2, 0.25) is 0 Å². The second kappa shape index (κ2) is 6.36. The fraction of sp³-hybridized carbons (Fsp3) is 0.600. The smallest absolute Gasteiger partial charge is 0.270 e. The van der Waals surface area contributed by atoms with Crippen molar-refractivity contribution in [1.82, 2.24) is 14.8 Å². The summed E-state index contributed by atoms with van der Waals surface area (Å²) in [4.78, 5) is 11.4. The molecule has 0 bridgehead atoms. The Bertz CT molecular complexity index is 410. The van der Waals surface area contributed by atoms with Crippen molar-refractivity contribution in [2.75, 3.05) is 5.75 Å². The van der Waals surface area contributed by atoms with Crippen LogP contribution in [0, 0.1) is 11.8 Å². The first kappa shape index (κ1) is 11.9. The lowest BCUT2D eigenvalue weighted by Gasteiger charge is -2.01. The molecule has 0 atom stereocenters. The Morgan fingerprint density at radius 1 is 1.60 bits per heavy atom. The standard InChI is InChI=1S/C10H15N3OS/c1-3-5-7-13-9(14)11-12-10(13)15-8-6-4-2/h3,5,7-8H2,1-2H3,(H,11,14). The van der Waals surface area contributed by atoms with Gasteiger partial charge in [0.2, 0.25) is 0 Å². The zero-order valence-electron chi connectivity index (χ0n) is 9.04. The van der Waals surface area contributed by atoms with Crippen molar-refractivity contribution in [1.29, 1.82) is 0 Å². The van der Waals surface area contributed by atoms with Crippen LogP contribution in [-0.2, 0) is 6.54 Å². The second-order valence-electron chi connectivity index (χ2n) is 3.03. The molecule has 15 heavy (non-hydrogen) atoms. The number of hydrogen-bond acceptors (Lipinski definition) is 3. The number of aromatic nitrogens is 3. The second-order valence-corrected chi connectivity index (χ2v) is 3.97. The molecule has 1 aromatic rings. The molecule has 0 radical (unpaired) electrons. The highest BCUT2D eigenvalue weighted by Gasteiger charge is 2.06. The number of thioether (sulfide) groups is 1. The summed E-state index contributed by atoms with van der Waals surface area (Å²) in [6.45, 7) is 4.63. The van der Waals surface area contributed by atoms with Crippen LogP contribution < -0.4 is 5.69 Å². The van der Waals surface area contributed by atoms with Crippen LogP contribution in [0.1, 0.15) is 26.7 Å². The summed E-state index contributed by atoms with van der Waals surface area (Å²) in [6.07, 6.45) is 2.06. The van der Waals surface area contributed by atoms with E-state index in [1.807, 2.05) is 0 Å². The summed E-state index contributed by atoms with van der Waals surface area (Å²) in [7, 11) is 0. The summed E-state index contributed by atoms with van der Waals surface area (Å²) >= 11 is 1.49. The Labute approximate surface area is 93.5 Å². The molecular formula is C10H15N3OS. The molecule has 0 aliphatic heterocycles. The third kappa shape index (κ3) is 3.48. The average Bonchev–Trinajstić information content (AvgIpc) is 2.58. The molecule has 0 aromatic carbocycles. The Balaban J connectivity index is 2.68. The normalized spacial score (nSPS) is 9.73. The van der Waals surface area contributed by atoms with Crippen molar-refractivity contribution in [3.63, 3.8) is 0 Å². The van der Waals surface area contributed by atoms with E-state index in [0.717, 1.165) is 24.5 Å². The van der Waals surface area contributed by atoms with Gasteiger partial charge >= 0.3 is 5.69 Å². The van der Waals surface area contributed by atoms with Gasteiger partial charge in [-0.25, -0.2) is 9.89 Å². The molecule has 4 nitrogen and oxygen atoms in total. The number of H-pyrrole nitrogens is 1. The third-order valence-corrected chi connectivity index (χ3v) is 2.77. The molecule has 0 spiro atoms. The number of nitrogens with one attached hydrogen (secondary N) is 1. The Hall–Kier alpha value is -1.15. The maximum Gasteiger partial charge on any atom is 0.343 e. The van der Waals surface area contributed by atoms with Gasteiger partial charge in [0.1, 0.15) is 0 Å². The molecule has 82 valence electrons. The van der Waals surface area contributed by atoms with Crippen molar-refractivity contribution in [2.45, 2.75) is 38.4 Å². The molecule has 1 aromatic heterocycles. The molecular weight excluding hydrogens is 210 g/mol. The van der Waals surface area contributed by atoms with Gasteiger partial charge in [0.25, 0.3) is 0 Å². The minimum atomic E-state index is -0.129. The summed E-state index contributed by atoms with van der Waals surface area (Å²) in [5, 5.41) is 7.16. The minimum absolute atomic E-state index is 0.129. The number of nitrogens with zero attached hydrogens (tertiary/aromatic N) is 2. The van der Waals surface area contributed by atoms with E-state index in [1.165, 1.54) is 11.8 Å². The Kier molecular flexibility index (Phi) is 5.05. The number of rotatable bonds is 5. The molecule has 5 heteroatoms. The van der Waals surface area contributed by atoms with E-state index in [9.17, 15) is 4.79 Å². The quantitative estimate of drug-likeness (QED) is 0.610. The van der Waals surface area contributed by atoms with Crippen molar-refractivity contribution >= 4 is 11.8 Å². The summed E-state index contributed by atoms with van der Waals surface area (Å²) in [5.41, 5.74) is -0.129. The van der Waals surface area contributed by atoms with Crippen molar-refractivity contribution < 1.29 is 0 Å². The van der Waals surface area contributed by atoms with E-state index in [0.29, 0.717) is 5.75 Å². The fourth-order valence-electron chi connectivity index (χ4n) is 1.10. The van der Waals surface area contributed by atoms with E-state index in [-0.39, 0.29) is 5.69 Å². The van der Waals surface area contributed by atoms with Crippen LogP contribution in [0.3, 0.4) is 0 Å². The van der Waals surface area contributed by atoms with E-state index < -0.39 is 0 Å². The monoisotopic (exact) mass is 225 g/mol. The highest BCUT2D eigenvalue weighted by molar-refractivity contribution is 7.99. The molecule has 1 N–H and O–H groups in total. The van der Waals surface area contributed by atoms with Crippen LogP contribution in [0.5, 0.6) is 0 Å². The van der Waals surface area contributed by atoms with Crippen LogP contribution in [0.4, 0.5) is 0 Å². The fourth-order valence-corrected chi connectivity index (χ4v) is 1.89. The van der Waals surface area contributed by atoms with Gasteiger partial charge in [-0.15, -0.1) is 11.0 Å².